The van der Waals surface area contributed by atoms with Crippen molar-refractivity contribution in [1.29, 1.82) is 0 Å². The number of fused-ring (bicyclic) bond motifs is 1. The van der Waals surface area contributed by atoms with Crippen LogP contribution in [0.3, 0.4) is 0 Å². The molecule has 1 N–H and O–H groups in total. The summed E-state index contributed by atoms with van der Waals surface area (Å²) in [5.41, 5.74) is 0.0762. The largest absolute Gasteiger partial charge is 0.493 e. The standard InChI is InChI=1S/C33H37F2N9O6/c1-47-23-18-20(19-24(48-2)25(23)49-3)36-28(45)33(8-9-33)29(46)41-10-12-42(13-11-41)30-38-31(43-14-16-50-17-15-43)40-32(39-30)44-22-7-5-4-6-21(22)37-27(44)26(34)35/h4-7,18-19,26H,8-17H2,1-3H3,(H,36,45). The number of carbonyl (C=O) groups excluding carboxylic acids is 2. The molecule has 2 aromatic carbocycles. The number of carbonyl (C=O) groups is 2. The van der Waals surface area contributed by atoms with Gasteiger partial charge in [-0.05, 0) is 25.0 Å². The van der Waals surface area contributed by atoms with Crippen molar-refractivity contribution in [2.75, 3.05) is 88.9 Å². The van der Waals surface area contributed by atoms with Crippen LogP contribution in [0.2, 0.25) is 0 Å². The van der Waals surface area contributed by atoms with Gasteiger partial charge in [0.25, 0.3) is 6.43 Å². The molecule has 0 radical (unpaired) electrons. The van der Waals surface area contributed by atoms with E-state index in [1.807, 2.05) is 9.80 Å². The highest BCUT2D eigenvalue weighted by atomic mass is 19.3. The van der Waals surface area contributed by atoms with Gasteiger partial charge in [-0.2, -0.15) is 15.0 Å². The summed E-state index contributed by atoms with van der Waals surface area (Å²) < 4.78 is 51.5. The second-order valence-electron chi connectivity index (χ2n) is 12.2. The summed E-state index contributed by atoms with van der Waals surface area (Å²) in [5, 5.41) is 2.87. The van der Waals surface area contributed by atoms with Gasteiger partial charge in [-0.15, -0.1) is 0 Å². The summed E-state index contributed by atoms with van der Waals surface area (Å²) in [6.45, 7) is 3.33. The fourth-order valence-corrected chi connectivity index (χ4v) is 6.37. The van der Waals surface area contributed by atoms with E-state index in [1.165, 1.54) is 25.9 Å². The van der Waals surface area contributed by atoms with E-state index in [9.17, 15) is 18.4 Å². The van der Waals surface area contributed by atoms with E-state index in [-0.39, 0.29) is 11.9 Å². The SMILES string of the molecule is COc1cc(NC(=O)C2(C(=O)N3CCN(c4nc(N5CCOCC5)nc(-n5c(C(F)F)nc6ccccc65)n4)CC3)CC2)cc(OC)c1OC. The second kappa shape index (κ2) is 13.5. The third-order valence-electron chi connectivity index (χ3n) is 9.24. The van der Waals surface area contributed by atoms with Crippen molar-refractivity contribution >= 4 is 40.4 Å². The van der Waals surface area contributed by atoms with Gasteiger partial charge in [-0.3, -0.25) is 14.2 Å². The first kappa shape index (κ1) is 33.2. The fourth-order valence-electron chi connectivity index (χ4n) is 6.37. The van der Waals surface area contributed by atoms with Gasteiger partial charge in [-0.25, -0.2) is 13.8 Å². The highest BCUT2D eigenvalue weighted by molar-refractivity contribution is 6.13. The molecule has 1 aliphatic carbocycles. The fraction of sp³-hybridized carbons (Fsp3) is 0.455. The minimum absolute atomic E-state index is 0.0272. The van der Waals surface area contributed by atoms with Crippen LogP contribution in [0.5, 0.6) is 17.2 Å². The number of rotatable bonds is 10. The number of amides is 2. The van der Waals surface area contributed by atoms with Gasteiger partial charge >= 0.3 is 0 Å². The molecule has 2 amide bonds. The van der Waals surface area contributed by atoms with Crippen LogP contribution in [-0.4, -0.2) is 115 Å². The van der Waals surface area contributed by atoms with E-state index in [1.54, 1.807) is 41.3 Å². The first-order valence-electron chi connectivity index (χ1n) is 16.3. The van der Waals surface area contributed by atoms with Gasteiger partial charge in [0.05, 0.1) is 45.6 Å². The van der Waals surface area contributed by atoms with Crippen LogP contribution in [0.25, 0.3) is 17.0 Å². The van der Waals surface area contributed by atoms with Crippen LogP contribution in [-0.2, 0) is 14.3 Å². The number of halogens is 2. The summed E-state index contributed by atoms with van der Waals surface area (Å²) >= 11 is 0. The Morgan fingerprint density at radius 3 is 2.00 bits per heavy atom. The van der Waals surface area contributed by atoms with Gasteiger partial charge in [0, 0.05) is 57.1 Å². The molecule has 4 heterocycles. The van der Waals surface area contributed by atoms with Crippen molar-refractivity contribution in [3.63, 3.8) is 0 Å². The highest BCUT2D eigenvalue weighted by Gasteiger charge is 2.58. The molecule has 4 aromatic rings. The maximum absolute atomic E-state index is 14.3. The maximum atomic E-state index is 14.3. The third kappa shape index (κ3) is 6.05. The Morgan fingerprint density at radius 2 is 1.42 bits per heavy atom. The molecule has 7 rings (SSSR count). The van der Waals surface area contributed by atoms with E-state index in [4.69, 9.17) is 23.9 Å². The molecule has 0 spiro atoms. The molecule has 17 heteroatoms. The van der Waals surface area contributed by atoms with E-state index < -0.39 is 23.6 Å². The van der Waals surface area contributed by atoms with Gasteiger partial charge < -0.3 is 39.0 Å². The Labute approximate surface area is 286 Å². The van der Waals surface area contributed by atoms with Crippen molar-refractivity contribution in [1.82, 2.24) is 29.4 Å². The number of imidazole rings is 1. The lowest BCUT2D eigenvalue weighted by atomic mass is 10.0. The molecule has 2 aliphatic heterocycles. The van der Waals surface area contributed by atoms with Crippen LogP contribution in [0.4, 0.5) is 26.4 Å². The maximum Gasteiger partial charge on any atom is 0.296 e. The monoisotopic (exact) mass is 693 g/mol. The number of methoxy groups -OCH3 is 3. The summed E-state index contributed by atoms with van der Waals surface area (Å²) in [4.78, 5) is 51.1. The summed E-state index contributed by atoms with van der Waals surface area (Å²) in [6, 6.07) is 10.1. The van der Waals surface area contributed by atoms with Crippen molar-refractivity contribution in [3.8, 4) is 23.2 Å². The third-order valence-corrected chi connectivity index (χ3v) is 9.24. The minimum atomic E-state index is -2.87. The number of nitrogens with zero attached hydrogens (tertiary/aromatic N) is 8. The highest BCUT2D eigenvalue weighted by Crippen LogP contribution is 2.49. The number of anilines is 3. The van der Waals surface area contributed by atoms with Crippen molar-refractivity contribution in [2.45, 2.75) is 19.3 Å². The zero-order chi connectivity index (χ0) is 35.0. The number of hydrogen-bond acceptors (Lipinski definition) is 12. The van der Waals surface area contributed by atoms with Crippen LogP contribution in [0, 0.1) is 5.41 Å². The Kier molecular flexibility index (Phi) is 8.98. The number of piperazine rings is 1. The Balaban J connectivity index is 1.11. The summed E-state index contributed by atoms with van der Waals surface area (Å²) in [7, 11) is 4.45. The number of aromatic nitrogens is 5. The van der Waals surface area contributed by atoms with Crippen LogP contribution in [0.1, 0.15) is 25.1 Å². The van der Waals surface area contributed by atoms with Crippen LogP contribution < -0.4 is 29.3 Å². The van der Waals surface area contributed by atoms with Crippen molar-refractivity contribution < 1.29 is 37.3 Å². The number of nitrogens with one attached hydrogen (secondary N) is 1. The number of para-hydroxylation sites is 2. The molecular weight excluding hydrogens is 656 g/mol. The average Bonchev–Trinajstić information content (AvgIpc) is 3.88. The lowest BCUT2D eigenvalue weighted by Crippen LogP contribution is -2.53. The van der Waals surface area contributed by atoms with Crippen LogP contribution >= 0.6 is 0 Å². The molecule has 0 bridgehead atoms. The summed E-state index contributed by atoms with van der Waals surface area (Å²) in [5.74, 6) is 0.674. The van der Waals surface area contributed by atoms with Gasteiger partial charge in [0.15, 0.2) is 17.3 Å². The predicted octanol–water partition coefficient (Wildman–Crippen LogP) is 3.08. The number of hydrogen-bond donors (Lipinski definition) is 1. The molecule has 15 nitrogen and oxygen atoms in total. The Morgan fingerprint density at radius 1 is 0.820 bits per heavy atom. The molecule has 2 aromatic heterocycles. The normalized spacial score (nSPS) is 17.2. The quantitative estimate of drug-likeness (QED) is 0.243. The van der Waals surface area contributed by atoms with Gasteiger partial charge in [0.2, 0.25) is 35.4 Å². The second-order valence-corrected chi connectivity index (χ2v) is 12.2. The molecule has 0 atom stereocenters. The van der Waals surface area contributed by atoms with Crippen LogP contribution in [0.15, 0.2) is 36.4 Å². The molecule has 50 heavy (non-hydrogen) atoms. The Hall–Kier alpha value is -5.32. The van der Waals surface area contributed by atoms with E-state index in [0.717, 1.165) is 0 Å². The smallest absolute Gasteiger partial charge is 0.296 e. The number of benzene rings is 2. The molecule has 3 aliphatic rings. The molecule has 3 fully saturated rings. The van der Waals surface area contributed by atoms with Crippen molar-refractivity contribution in [3.05, 3.63) is 42.2 Å². The lowest BCUT2D eigenvalue weighted by Gasteiger charge is -2.36. The van der Waals surface area contributed by atoms with E-state index in [2.05, 4.69) is 20.3 Å². The zero-order valence-electron chi connectivity index (χ0n) is 27.9. The molecule has 264 valence electrons. The molecule has 2 saturated heterocycles. The van der Waals surface area contributed by atoms with E-state index in [0.29, 0.717) is 111 Å². The minimum Gasteiger partial charge on any atom is -0.493 e. The number of morpholine rings is 1. The topological polar surface area (TPSA) is 149 Å². The predicted molar refractivity (Wildman–Crippen MR) is 178 cm³/mol. The first-order valence-corrected chi connectivity index (χ1v) is 16.3. The van der Waals surface area contributed by atoms with Crippen molar-refractivity contribution in [2.24, 2.45) is 5.41 Å². The first-order chi connectivity index (χ1) is 24.3. The average molecular weight is 694 g/mol. The molecule has 1 saturated carbocycles. The summed E-state index contributed by atoms with van der Waals surface area (Å²) in [6.07, 6.45) is -2.02. The lowest BCUT2D eigenvalue weighted by molar-refractivity contribution is -0.142. The molecular formula is C33H37F2N9O6. The Bertz CT molecular complexity index is 1880. The number of ether oxygens (including phenoxy) is 4. The number of alkyl halides is 2. The van der Waals surface area contributed by atoms with Gasteiger partial charge in [-0.1, -0.05) is 12.1 Å². The zero-order valence-corrected chi connectivity index (χ0v) is 27.9. The van der Waals surface area contributed by atoms with E-state index >= 15 is 0 Å². The van der Waals surface area contributed by atoms with Gasteiger partial charge in [0.1, 0.15) is 5.41 Å². The molecule has 0 unspecified atom stereocenters.